The second-order valence-electron chi connectivity index (χ2n) is 5.39. The molecule has 1 fully saturated rings. The number of hydrogen-bond donors (Lipinski definition) is 1. The molecule has 0 spiro atoms. The van der Waals surface area contributed by atoms with E-state index < -0.39 is 18.3 Å². The van der Waals surface area contributed by atoms with Gasteiger partial charge in [-0.1, -0.05) is 13.8 Å². The Bertz CT molecular complexity index is 262. The lowest BCUT2D eigenvalue weighted by Gasteiger charge is -2.42. The molecule has 0 aromatic rings. The molecule has 1 rings (SSSR count). The number of piperidine rings is 1. The van der Waals surface area contributed by atoms with Crippen molar-refractivity contribution in [3.63, 3.8) is 0 Å². The summed E-state index contributed by atoms with van der Waals surface area (Å²) in [6.07, 6.45) is -2.35. The van der Waals surface area contributed by atoms with Gasteiger partial charge in [0.05, 0.1) is 0 Å². The van der Waals surface area contributed by atoms with Gasteiger partial charge < -0.3 is 10.6 Å². The van der Waals surface area contributed by atoms with E-state index in [2.05, 4.69) is 11.8 Å². The van der Waals surface area contributed by atoms with Crippen LogP contribution in [-0.2, 0) is 0 Å². The van der Waals surface area contributed by atoms with Crippen LogP contribution in [0, 0.1) is 0 Å². The Morgan fingerprint density at radius 3 is 2.16 bits per heavy atom. The van der Waals surface area contributed by atoms with Gasteiger partial charge >= 0.3 is 6.18 Å². The van der Waals surface area contributed by atoms with Crippen LogP contribution in [0.15, 0.2) is 0 Å². The summed E-state index contributed by atoms with van der Waals surface area (Å²) in [5, 5.41) is 0. The van der Waals surface area contributed by atoms with Gasteiger partial charge in [0, 0.05) is 12.1 Å². The highest BCUT2D eigenvalue weighted by Crippen LogP contribution is 2.30. The lowest BCUT2D eigenvalue weighted by molar-refractivity contribution is -0.193. The van der Waals surface area contributed by atoms with Crippen LogP contribution >= 0.6 is 0 Å². The number of likely N-dealkylation sites (N-methyl/N-ethyl adjacent to an activating group) is 1. The molecule has 2 N–H and O–H groups in total. The third-order valence-electron chi connectivity index (χ3n) is 4.23. The fraction of sp³-hybridized carbons (Fsp3) is 1.00. The molecule has 1 aliphatic heterocycles. The SMILES string of the molecule is CCC(N)C(N(C)C1CCN(CC)CC1)C(F)(F)F. The maximum Gasteiger partial charge on any atom is 0.405 e. The van der Waals surface area contributed by atoms with Crippen molar-refractivity contribution in [3.05, 3.63) is 0 Å². The number of rotatable bonds is 5. The maximum atomic E-state index is 13.2. The van der Waals surface area contributed by atoms with Crippen LogP contribution in [0.1, 0.15) is 33.1 Å². The van der Waals surface area contributed by atoms with Crippen molar-refractivity contribution in [2.45, 2.75) is 57.4 Å². The van der Waals surface area contributed by atoms with E-state index in [4.69, 9.17) is 5.73 Å². The maximum absolute atomic E-state index is 13.2. The molecule has 19 heavy (non-hydrogen) atoms. The summed E-state index contributed by atoms with van der Waals surface area (Å²) in [6.45, 7) is 6.50. The zero-order valence-electron chi connectivity index (χ0n) is 12.1. The molecule has 0 aliphatic carbocycles. The fourth-order valence-corrected chi connectivity index (χ4v) is 2.87. The molecule has 0 saturated carbocycles. The molecular weight excluding hydrogens is 255 g/mol. The van der Waals surface area contributed by atoms with Crippen LogP contribution in [0.25, 0.3) is 0 Å². The van der Waals surface area contributed by atoms with E-state index in [0.29, 0.717) is 6.42 Å². The molecule has 0 aromatic heterocycles. The van der Waals surface area contributed by atoms with Gasteiger partial charge in [-0.2, -0.15) is 13.2 Å². The minimum absolute atomic E-state index is 0.0213. The molecule has 0 bridgehead atoms. The number of halogens is 3. The van der Waals surface area contributed by atoms with Crippen LogP contribution in [0.5, 0.6) is 0 Å². The van der Waals surface area contributed by atoms with Gasteiger partial charge in [0.15, 0.2) is 0 Å². The second kappa shape index (κ2) is 6.90. The Kier molecular flexibility index (Phi) is 6.08. The molecule has 0 radical (unpaired) electrons. The molecule has 1 heterocycles. The zero-order chi connectivity index (χ0) is 14.6. The zero-order valence-corrected chi connectivity index (χ0v) is 12.1. The molecular formula is C13H26F3N3. The summed E-state index contributed by atoms with van der Waals surface area (Å²) < 4.78 is 39.5. The first kappa shape index (κ1) is 16.7. The van der Waals surface area contributed by atoms with Gasteiger partial charge in [-0.3, -0.25) is 4.90 Å². The average Bonchev–Trinajstić information content (AvgIpc) is 2.37. The van der Waals surface area contributed by atoms with E-state index in [1.54, 1.807) is 14.0 Å². The minimum Gasteiger partial charge on any atom is -0.326 e. The van der Waals surface area contributed by atoms with Crippen molar-refractivity contribution in [3.8, 4) is 0 Å². The Labute approximate surface area is 113 Å². The number of alkyl halides is 3. The third kappa shape index (κ3) is 4.33. The molecule has 0 amide bonds. The van der Waals surface area contributed by atoms with E-state index in [9.17, 15) is 13.2 Å². The quantitative estimate of drug-likeness (QED) is 0.837. The average molecular weight is 281 g/mol. The van der Waals surface area contributed by atoms with Crippen molar-refractivity contribution in [2.24, 2.45) is 5.73 Å². The van der Waals surface area contributed by atoms with Crippen LogP contribution in [0.3, 0.4) is 0 Å². The highest BCUT2D eigenvalue weighted by molar-refractivity contribution is 4.91. The Hall–Kier alpha value is -0.330. The van der Waals surface area contributed by atoms with Crippen LogP contribution in [-0.4, -0.2) is 60.8 Å². The van der Waals surface area contributed by atoms with Gasteiger partial charge in [0.1, 0.15) is 6.04 Å². The molecule has 2 unspecified atom stereocenters. The van der Waals surface area contributed by atoms with Gasteiger partial charge in [0.25, 0.3) is 0 Å². The summed E-state index contributed by atoms with van der Waals surface area (Å²) in [4.78, 5) is 3.73. The topological polar surface area (TPSA) is 32.5 Å². The van der Waals surface area contributed by atoms with Gasteiger partial charge in [-0.05, 0) is 45.9 Å². The van der Waals surface area contributed by atoms with Crippen molar-refractivity contribution in [1.82, 2.24) is 9.80 Å². The minimum atomic E-state index is -4.26. The summed E-state index contributed by atoms with van der Waals surface area (Å²) in [5.74, 6) is 0. The molecule has 1 saturated heterocycles. The van der Waals surface area contributed by atoms with Crippen molar-refractivity contribution >= 4 is 0 Å². The smallest absolute Gasteiger partial charge is 0.326 e. The number of hydrogen-bond acceptors (Lipinski definition) is 3. The molecule has 6 heteroatoms. The monoisotopic (exact) mass is 281 g/mol. The summed E-state index contributed by atoms with van der Waals surface area (Å²) in [6, 6.07) is -2.41. The molecule has 2 atom stereocenters. The predicted octanol–water partition coefficient (Wildman–Crippen LogP) is 2.07. The molecule has 3 nitrogen and oxygen atoms in total. The van der Waals surface area contributed by atoms with Crippen LogP contribution in [0.2, 0.25) is 0 Å². The Morgan fingerprint density at radius 1 is 1.26 bits per heavy atom. The normalized spacial score (nSPS) is 22.7. The largest absolute Gasteiger partial charge is 0.405 e. The Balaban J connectivity index is 2.70. The highest BCUT2D eigenvalue weighted by Gasteiger charge is 2.47. The number of likely N-dealkylation sites (tertiary alicyclic amines) is 1. The molecule has 1 aliphatic rings. The lowest BCUT2D eigenvalue weighted by Crippen LogP contribution is -2.59. The van der Waals surface area contributed by atoms with Gasteiger partial charge in [-0.25, -0.2) is 0 Å². The fourth-order valence-electron chi connectivity index (χ4n) is 2.87. The van der Waals surface area contributed by atoms with Crippen LogP contribution in [0.4, 0.5) is 13.2 Å². The second-order valence-corrected chi connectivity index (χ2v) is 5.39. The third-order valence-corrected chi connectivity index (χ3v) is 4.23. The summed E-state index contributed by atoms with van der Waals surface area (Å²) in [5.41, 5.74) is 5.69. The summed E-state index contributed by atoms with van der Waals surface area (Å²) >= 11 is 0. The van der Waals surface area contributed by atoms with E-state index in [-0.39, 0.29) is 6.04 Å². The first-order valence-electron chi connectivity index (χ1n) is 7.07. The standard InChI is InChI=1S/C13H26F3N3/c1-4-11(17)12(13(14,15)16)18(3)10-6-8-19(5-2)9-7-10/h10-12H,4-9,17H2,1-3H3. The first-order valence-corrected chi connectivity index (χ1v) is 7.07. The Morgan fingerprint density at radius 2 is 1.79 bits per heavy atom. The van der Waals surface area contributed by atoms with Crippen molar-refractivity contribution in [1.29, 1.82) is 0 Å². The van der Waals surface area contributed by atoms with Gasteiger partial charge in [0.2, 0.25) is 0 Å². The van der Waals surface area contributed by atoms with E-state index in [1.807, 2.05) is 0 Å². The lowest BCUT2D eigenvalue weighted by atomic mass is 9.97. The number of nitrogens with two attached hydrogens (primary N) is 1. The molecule has 0 aromatic carbocycles. The predicted molar refractivity (Wildman–Crippen MR) is 71.0 cm³/mol. The van der Waals surface area contributed by atoms with Crippen LogP contribution < -0.4 is 5.73 Å². The summed E-state index contributed by atoms with van der Waals surface area (Å²) in [7, 11) is 1.57. The van der Waals surface area contributed by atoms with E-state index in [1.165, 1.54) is 4.90 Å². The molecule has 114 valence electrons. The van der Waals surface area contributed by atoms with Gasteiger partial charge in [-0.15, -0.1) is 0 Å². The van der Waals surface area contributed by atoms with Crippen molar-refractivity contribution in [2.75, 3.05) is 26.7 Å². The van der Waals surface area contributed by atoms with E-state index in [0.717, 1.165) is 32.5 Å². The first-order chi connectivity index (χ1) is 8.81. The highest BCUT2D eigenvalue weighted by atomic mass is 19.4. The van der Waals surface area contributed by atoms with E-state index >= 15 is 0 Å². The van der Waals surface area contributed by atoms with Crippen molar-refractivity contribution < 1.29 is 13.2 Å². The number of nitrogens with zero attached hydrogens (tertiary/aromatic N) is 2.